The van der Waals surface area contributed by atoms with E-state index < -0.39 is 5.92 Å². The van der Waals surface area contributed by atoms with Crippen molar-refractivity contribution in [3.63, 3.8) is 0 Å². The first-order chi connectivity index (χ1) is 9.12. The molecule has 2 nitrogen and oxygen atoms in total. The van der Waals surface area contributed by atoms with Crippen LogP contribution in [0.1, 0.15) is 18.4 Å². The van der Waals surface area contributed by atoms with Gasteiger partial charge in [-0.15, -0.1) is 0 Å². The van der Waals surface area contributed by atoms with E-state index in [4.69, 9.17) is 0 Å². The van der Waals surface area contributed by atoms with E-state index in [-0.39, 0.29) is 18.9 Å². The van der Waals surface area contributed by atoms with Crippen LogP contribution in [0.15, 0.2) is 30.3 Å². The predicted molar refractivity (Wildman–Crippen MR) is 71.3 cm³/mol. The lowest BCUT2D eigenvalue weighted by Gasteiger charge is -2.46. The fraction of sp³-hybridized carbons (Fsp3) is 0.600. The molecule has 1 saturated carbocycles. The summed E-state index contributed by atoms with van der Waals surface area (Å²) in [5, 5.41) is 0. The molecule has 3 rings (SSSR count). The van der Waals surface area contributed by atoms with Crippen molar-refractivity contribution in [2.75, 3.05) is 26.2 Å². The molecule has 19 heavy (non-hydrogen) atoms. The van der Waals surface area contributed by atoms with Gasteiger partial charge in [0.05, 0.1) is 0 Å². The van der Waals surface area contributed by atoms with Crippen LogP contribution >= 0.6 is 0 Å². The van der Waals surface area contributed by atoms with Crippen molar-refractivity contribution in [1.29, 1.82) is 0 Å². The number of rotatable bonds is 3. The van der Waals surface area contributed by atoms with Crippen molar-refractivity contribution in [2.45, 2.75) is 31.4 Å². The summed E-state index contributed by atoms with van der Waals surface area (Å²) in [5.41, 5.74) is 1.33. The van der Waals surface area contributed by atoms with Crippen LogP contribution in [0, 0.1) is 0 Å². The second-order valence-electron chi connectivity index (χ2n) is 5.72. The normalized spacial score (nSPS) is 25.2. The van der Waals surface area contributed by atoms with Crippen molar-refractivity contribution in [2.24, 2.45) is 0 Å². The molecule has 0 unspecified atom stereocenters. The zero-order valence-electron chi connectivity index (χ0n) is 11.1. The van der Waals surface area contributed by atoms with Gasteiger partial charge in [-0.3, -0.25) is 9.80 Å². The highest BCUT2D eigenvalue weighted by Gasteiger charge is 2.48. The molecule has 0 amide bonds. The summed E-state index contributed by atoms with van der Waals surface area (Å²) in [6.45, 7) is 4.78. The van der Waals surface area contributed by atoms with Crippen molar-refractivity contribution < 1.29 is 8.78 Å². The molecule has 0 spiro atoms. The monoisotopic (exact) mass is 266 g/mol. The first-order valence-electron chi connectivity index (χ1n) is 7.01. The summed E-state index contributed by atoms with van der Waals surface area (Å²) < 4.78 is 25.7. The minimum atomic E-state index is -2.40. The molecule has 2 fully saturated rings. The van der Waals surface area contributed by atoms with Crippen LogP contribution in [0.25, 0.3) is 0 Å². The van der Waals surface area contributed by atoms with Gasteiger partial charge < -0.3 is 0 Å². The molecule has 2 aliphatic rings. The second kappa shape index (κ2) is 5.17. The van der Waals surface area contributed by atoms with Crippen molar-refractivity contribution in [1.82, 2.24) is 9.80 Å². The number of halogens is 2. The zero-order valence-corrected chi connectivity index (χ0v) is 11.1. The minimum Gasteiger partial charge on any atom is -0.297 e. The molecule has 0 atom stereocenters. The molecule has 1 saturated heterocycles. The molecule has 1 aliphatic heterocycles. The van der Waals surface area contributed by atoms with E-state index in [0.29, 0.717) is 0 Å². The molecule has 0 bridgehead atoms. The Kier molecular flexibility index (Phi) is 3.54. The first-order valence-corrected chi connectivity index (χ1v) is 7.01. The predicted octanol–water partition coefficient (Wildman–Crippen LogP) is 2.60. The molecule has 0 N–H and O–H groups in total. The van der Waals surface area contributed by atoms with Gasteiger partial charge in [-0.05, 0) is 5.56 Å². The Morgan fingerprint density at radius 2 is 1.63 bits per heavy atom. The van der Waals surface area contributed by atoms with Crippen LogP contribution in [0.4, 0.5) is 8.78 Å². The van der Waals surface area contributed by atoms with Crippen LogP contribution < -0.4 is 0 Å². The SMILES string of the molecule is FC1(F)CC(N2CCN(Cc3ccccc3)CC2)C1. The largest absolute Gasteiger partial charge is 0.297 e. The minimum absolute atomic E-state index is 0.0612. The molecule has 0 radical (unpaired) electrons. The Hall–Kier alpha value is -1.00. The third-order valence-electron chi connectivity index (χ3n) is 4.24. The third kappa shape index (κ3) is 3.12. The zero-order chi connectivity index (χ0) is 13.3. The van der Waals surface area contributed by atoms with Gasteiger partial charge in [0, 0.05) is 51.6 Å². The summed E-state index contributed by atoms with van der Waals surface area (Å²) in [5.74, 6) is -2.40. The number of alkyl halides is 2. The number of nitrogens with zero attached hydrogens (tertiary/aromatic N) is 2. The number of hydrogen-bond donors (Lipinski definition) is 0. The lowest BCUT2D eigenvalue weighted by molar-refractivity contribution is -0.129. The van der Waals surface area contributed by atoms with E-state index >= 15 is 0 Å². The van der Waals surface area contributed by atoms with E-state index in [1.807, 2.05) is 6.07 Å². The average molecular weight is 266 g/mol. The number of piperazine rings is 1. The maximum Gasteiger partial charge on any atom is 0.251 e. The summed E-state index contributed by atoms with van der Waals surface area (Å²) in [6, 6.07) is 10.5. The Morgan fingerprint density at radius 3 is 2.21 bits per heavy atom. The van der Waals surface area contributed by atoms with E-state index in [2.05, 4.69) is 34.1 Å². The Labute approximate surface area is 113 Å². The van der Waals surface area contributed by atoms with Crippen LogP contribution in [0.2, 0.25) is 0 Å². The molecule has 1 aromatic rings. The first kappa shape index (κ1) is 13.0. The number of hydrogen-bond acceptors (Lipinski definition) is 2. The molecule has 0 aromatic heterocycles. The average Bonchev–Trinajstić information content (AvgIpc) is 2.38. The quantitative estimate of drug-likeness (QED) is 0.829. The van der Waals surface area contributed by atoms with E-state index in [0.717, 1.165) is 32.7 Å². The topological polar surface area (TPSA) is 6.48 Å². The molecular formula is C15H20F2N2. The maximum absolute atomic E-state index is 12.9. The van der Waals surface area contributed by atoms with Gasteiger partial charge in [-0.2, -0.15) is 0 Å². The summed E-state index contributed by atoms with van der Waals surface area (Å²) >= 11 is 0. The van der Waals surface area contributed by atoms with Gasteiger partial charge in [0.1, 0.15) is 0 Å². The smallest absolute Gasteiger partial charge is 0.251 e. The highest BCUT2D eigenvalue weighted by atomic mass is 19.3. The molecule has 1 heterocycles. The van der Waals surface area contributed by atoms with E-state index in [9.17, 15) is 8.78 Å². The summed E-state index contributed by atoms with van der Waals surface area (Å²) in [6.07, 6.45) is 0.122. The Balaban J connectivity index is 1.45. The van der Waals surface area contributed by atoms with Crippen molar-refractivity contribution in [3.05, 3.63) is 35.9 Å². The van der Waals surface area contributed by atoms with E-state index in [1.165, 1.54) is 5.56 Å². The van der Waals surface area contributed by atoms with Crippen LogP contribution in [-0.2, 0) is 6.54 Å². The fourth-order valence-electron chi connectivity index (χ4n) is 3.02. The van der Waals surface area contributed by atoms with Gasteiger partial charge in [0.2, 0.25) is 0 Å². The van der Waals surface area contributed by atoms with Crippen molar-refractivity contribution in [3.8, 4) is 0 Å². The van der Waals surface area contributed by atoms with Crippen LogP contribution in [0.5, 0.6) is 0 Å². The highest BCUT2D eigenvalue weighted by molar-refractivity contribution is 5.14. The molecule has 4 heteroatoms. The van der Waals surface area contributed by atoms with Gasteiger partial charge in [0.15, 0.2) is 0 Å². The number of benzene rings is 1. The lowest BCUT2D eigenvalue weighted by Crippen LogP contribution is -2.56. The Bertz CT molecular complexity index is 405. The van der Waals surface area contributed by atoms with Crippen LogP contribution in [0.3, 0.4) is 0 Å². The second-order valence-corrected chi connectivity index (χ2v) is 5.72. The van der Waals surface area contributed by atoms with Crippen LogP contribution in [-0.4, -0.2) is 47.9 Å². The van der Waals surface area contributed by atoms with Crippen molar-refractivity contribution >= 4 is 0 Å². The van der Waals surface area contributed by atoms with Gasteiger partial charge in [0.25, 0.3) is 5.92 Å². The standard InChI is InChI=1S/C15H20F2N2/c16-15(17)10-14(11-15)19-8-6-18(7-9-19)12-13-4-2-1-3-5-13/h1-5,14H,6-12H2. The van der Waals surface area contributed by atoms with E-state index in [1.54, 1.807) is 0 Å². The summed E-state index contributed by atoms with van der Waals surface area (Å²) in [4.78, 5) is 4.64. The molecule has 1 aliphatic carbocycles. The summed E-state index contributed by atoms with van der Waals surface area (Å²) in [7, 11) is 0. The molecule has 104 valence electrons. The lowest BCUT2D eigenvalue weighted by atomic mass is 9.86. The maximum atomic E-state index is 12.9. The van der Waals surface area contributed by atoms with Gasteiger partial charge in [-0.1, -0.05) is 30.3 Å². The fourth-order valence-corrected chi connectivity index (χ4v) is 3.02. The molecular weight excluding hydrogens is 246 g/mol. The highest BCUT2D eigenvalue weighted by Crippen LogP contribution is 2.40. The third-order valence-corrected chi connectivity index (χ3v) is 4.24. The van der Waals surface area contributed by atoms with Gasteiger partial charge in [-0.25, -0.2) is 8.78 Å². The Morgan fingerprint density at radius 1 is 1.00 bits per heavy atom. The molecule has 1 aromatic carbocycles. The van der Waals surface area contributed by atoms with Gasteiger partial charge >= 0.3 is 0 Å².